The van der Waals surface area contributed by atoms with Crippen molar-refractivity contribution >= 4 is 0 Å². The van der Waals surface area contributed by atoms with Gasteiger partial charge in [0.25, 0.3) is 0 Å². The van der Waals surface area contributed by atoms with E-state index >= 15 is 0 Å². The molecule has 4 heteroatoms. The molecule has 2 rings (SSSR count). The van der Waals surface area contributed by atoms with Gasteiger partial charge in [-0.05, 0) is 24.1 Å². The fourth-order valence-electron chi connectivity index (χ4n) is 1.93. The van der Waals surface area contributed by atoms with Gasteiger partial charge in [-0.3, -0.25) is 0 Å². The molecule has 0 aliphatic rings. The van der Waals surface area contributed by atoms with Crippen molar-refractivity contribution in [1.82, 2.24) is 9.55 Å². The van der Waals surface area contributed by atoms with Crippen molar-refractivity contribution in [1.29, 1.82) is 5.26 Å². The van der Waals surface area contributed by atoms with Crippen LogP contribution in [0.25, 0.3) is 0 Å². The smallest absolute Gasteiger partial charge is 0.110 e. The molecule has 0 aliphatic carbocycles. The molecule has 1 aromatic carbocycles. The molecule has 98 valence electrons. The Kier molecular flexibility index (Phi) is 4.32. The van der Waals surface area contributed by atoms with E-state index in [0.29, 0.717) is 5.56 Å². The van der Waals surface area contributed by atoms with Gasteiger partial charge in [0.05, 0.1) is 11.6 Å². The van der Waals surface area contributed by atoms with Crippen molar-refractivity contribution in [3.8, 4) is 6.07 Å². The Morgan fingerprint density at radius 3 is 2.74 bits per heavy atom. The Labute approximate surface area is 113 Å². The van der Waals surface area contributed by atoms with Gasteiger partial charge in [0.15, 0.2) is 0 Å². The normalized spacial score (nSPS) is 12.1. The Bertz CT molecular complexity index is 563. The number of nitrogens with two attached hydrogens (primary N) is 1. The molecule has 1 unspecified atom stereocenters. The van der Waals surface area contributed by atoms with E-state index in [1.807, 2.05) is 30.5 Å². The molecule has 4 nitrogen and oxygen atoms in total. The molecule has 19 heavy (non-hydrogen) atoms. The molecule has 0 fully saturated rings. The predicted octanol–water partition coefficient (Wildman–Crippen LogP) is 2.08. The molecule has 0 bridgehead atoms. The summed E-state index contributed by atoms with van der Waals surface area (Å²) in [5, 5.41) is 8.78. The molecule has 1 heterocycles. The summed E-state index contributed by atoms with van der Waals surface area (Å²) in [5.41, 5.74) is 7.81. The highest BCUT2D eigenvalue weighted by molar-refractivity contribution is 5.31. The Balaban J connectivity index is 2.10. The number of nitriles is 1. The second-order valence-corrected chi connectivity index (χ2v) is 4.65. The van der Waals surface area contributed by atoms with E-state index in [4.69, 9.17) is 11.0 Å². The van der Waals surface area contributed by atoms with Crippen LogP contribution in [0.5, 0.6) is 0 Å². The van der Waals surface area contributed by atoms with Gasteiger partial charge in [0.1, 0.15) is 5.82 Å². The lowest BCUT2D eigenvalue weighted by Gasteiger charge is -2.11. The summed E-state index contributed by atoms with van der Waals surface area (Å²) in [6.07, 6.45) is 5.51. The van der Waals surface area contributed by atoms with E-state index in [2.05, 4.69) is 22.5 Å². The summed E-state index contributed by atoms with van der Waals surface area (Å²) in [4.78, 5) is 4.36. The third-order valence-electron chi connectivity index (χ3n) is 3.21. The first-order chi connectivity index (χ1) is 9.22. The standard InChI is InChI=1S/C15H18N4/c1-2-14(17)9-15-18-7-8-19(15)11-13-5-3-12(10-16)4-6-13/h3-8,14H,2,9,11,17H2,1H3. The van der Waals surface area contributed by atoms with E-state index in [1.165, 1.54) is 0 Å². The van der Waals surface area contributed by atoms with Gasteiger partial charge in [-0.25, -0.2) is 4.98 Å². The molecule has 0 aliphatic heterocycles. The number of rotatable bonds is 5. The highest BCUT2D eigenvalue weighted by Crippen LogP contribution is 2.09. The number of nitrogens with zero attached hydrogens (tertiary/aromatic N) is 3. The number of hydrogen-bond donors (Lipinski definition) is 1. The minimum atomic E-state index is 0.155. The van der Waals surface area contributed by atoms with Crippen LogP contribution in [0, 0.1) is 11.3 Å². The molecule has 0 radical (unpaired) electrons. The summed E-state index contributed by atoms with van der Waals surface area (Å²) in [7, 11) is 0. The highest BCUT2D eigenvalue weighted by Gasteiger charge is 2.08. The number of hydrogen-bond acceptors (Lipinski definition) is 3. The van der Waals surface area contributed by atoms with Gasteiger partial charge in [-0.15, -0.1) is 0 Å². The lowest BCUT2D eigenvalue weighted by Crippen LogP contribution is -2.23. The van der Waals surface area contributed by atoms with E-state index in [0.717, 1.165) is 30.8 Å². The lowest BCUT2D eigenvalue weighted by atomic mass is 10.1. The second kappa shape index (κ2) is 6.17. The van der Waals surface area contributed by atoms with Crippen molar-refractivity contribution in [2.24, 2.45) is 5.73 Å². The van der Waals surface area contributed by atoms with Crippen molar-refractivity contribution in [3.63, 3.8) is 0 Å². The van der Waals surface area contributed by atoms with Crippen molar-refractivity contribution < 1.29 is 0 Å². The molecule has 1 aromatic heterocycles. The lowest BCUT2D eigenvalue weighted by molar-refractivity contribution is 0.597. The maximum absolute atomic E-state index is 8.78. The number of aromatic nitrogens is 2. The number of imidazole rings is 1. The molecular weight excluding hydrogens is 236 g/mol. The first-order valence-corrected chi connectivity index (χ1v) is 6.47. The second-order valence-electron chi connectivity index (χ2n) is 4.65. The summed E-state index contributed by atoms with van der Waals surface area (Å²) < 4.78 is 2.11. The first kappa shape index (κ1) is 13.3. The SMILES string of the molecule is CCC(N)Cc1nccn1Cc1ccc(C#N)cc1. The van der Waals surface area contributed by atoms with E-state index in [-0.39, 0.29) is 6.04 Å². The van der Waals surface area contributed by atoms with Crippen LogP contribution in [0.1, 0.15) is 30.3 Å². The zero-order valence-corrected chi connectivity index (χ0v) is 11.1. The van der Waals surface area contributed by atoms with Gasteiger partial charge in [0.2, 0.25) is 0 Å². The maximum atomic E-state index is 8.78. The molecule has 0 spiro atoms. The Morgan fingerprint density at radius 1 is 1.37 bits per heavy atom. The molecule has 2 aromatic rings. The van der Waals surface area contributed by atoms with Crippen LogP contribution in [0.2, 0.25) is 0 Å². The Morgan fingerprint density at radius 2 is 2.11 bits per heavy atom. The minimum absolute atomic E-state index is 0.155. The van der Waals surface area contributed by atoms with Crippen LogP contribution >= 0.6 is 0 Å². The minimum Gasteiger partial charge on any atom is -0.330 e. The van der Waals surface area contributed by atoms with E-state index in [9.17, 15) is 0 Å². The quantitative estimate of drug-likeness (QED) is 0.888. The van der Waals surface area contributed by atoms with Gasteiger partial charge >= 0.3 is 0 Å². The van der Waals surface area contributed by atoms with Crippen LogP contribution in [-0.2, 0) is 13.0 Å². The van der Waals surface area contributed by atoms with Crippen LogP contribution in [0.15, 0.2) is 36.7 Å². The van der Waals surface area contributed by atoms with Crippen molar-refractivity contribution in [3.05, 3.63) is 53.6 Å². The maximum Gasteiger partial charge on any atom is 0.110 e. The van der Waals surface area contributed by atoms with Crippen molar-refractivity contribution in [2.45, 2.75) is 32.4 Å². The molecular formula is C15H18N4. The molecule has 0 amide bonds. The fourth-order valence-corrected chi connectivity index (χ4v) is 1.93. The Hall–Kier alpha value is -2.12. The van der Waals surface area contributed by atoms with Gasteiger partial charge in [-0.2, -0.15) is 5.26 Å². The van der Waals surface area contributed by atoms with Crippen LogP contribution in [0.3, 0.4) is 0 Å². The summed E-state index contributed by atoms with van der Waals surface area (Å²) >= 11 is 0. The topological polar surface area (TPSA) is 67.6 Å². The molecule has 2 N–H and O–H groups in total. The van der Waals surface area contributed by atoms with Crippen LogP contribution in [-0.4, -0.2) is 15.6 Å². The van der Waals surface area contributed by atoms with E-state index in [1.54, 1.807) is 6.20 Å². The van der Waals surface area contributed by atoms with Crippen LogP contribution in [0.4, 0.5) is 0 Å². The molecule has 0 saturated heterocycles. The summed E-state index contributed by atoms with van der Waals surface area (Å²) in [6.45, 7) is 2.84. The van der Waals surface area contributed by atoms with Gasteiger partial charge < -0.3 is 10.3 Å². The molecule has 0 saturated carbocycles. The monoisotopic (exact) mass is 254 g/mol. The number of benzene rings is 1. The fraction of sp³-hybridized carbons (Fsp3) is 0.333. The first-order valence-electron chi connectivity index (χ1n) is 6.47. The highest BCUT2D eigenvalue weighted by atomic mass is 15.1. The zero-order chi connectivity index (χ0) is 13.7. The third-order valence-corrected chi connectivity index (χ3v) is 3.21. The average Bonchev–Trinajstić information content (AvgIpc) is 2.86. The summed E-state index contributed by atoms with van der Waals surface area (Å²) in [5.74, 6) is 1.01. The predicted molar refractivity (Wildman–Crippen MR) is 74.5 cm³/mol. The largest absolute Gasteiger partial charge is 0.330 e. The third kappa shape index (κ3) is 3.43. The van der Waals surface area contributed by atoms with Gasteiger partial charge in [-0.1, -0.05) is 19.1 Å². The van der Waals surface area contributed by atoms with Crippen LogP contribution < -0.4 is 5.73 Å². The van der Waals surface area contributed by atoms with E-state index < -0.39 is 0 Å². The van der Waals surface area contributed by atoms with Gasteiger partial charge in [0, 0.05) is 31.4 Å². The van der Waals surface area contributed by atoms with Crippen molar-refractivity contribution in [2.75, 3.05) is 0 Å². The average molecular weight is 254 g/mol. The zero-order valence-electron chi connectivity index (χ0n) is 11.1. The summed E-state index contributed by atoms with van der Waals surface area (Å²) in [6, 6.07) is 9.90. The molecule has 1 atom stereocenters.